The normalized spacial score (nSPS) is 24.3. The summed E-state index contributed by atoms with van der Waals surface area (Å²) in [5.41, 5.74) is 0. The lowest BCUT2D eigenvalue weighted by molar-refractivity contribution is -0.885. The van der Waals surface area contributed by atoms with Gasteiger partial charge in [0.15, 0.2) is 11.0 Å². The number of amides is 2. The number of halogens is 2. The van der Waals surface area contributed by atoms with Crippen molar-refractivity contribution in [1.82, 2.24) is 15.3 Å². The molecule has 0 bridgehead atoms. The Balaban J connectivity index is 1.68. The van der Waals surface area contributed by atoms with Gasteiger partial charge in [-0.1, -0.05) is 11.6 Å². The number of nitrogens with one attached hydrogen (secondary N) is 2. The molecular formula is C14H21BrClN5O2. The van der Waals surface area contributed by atoms with Crippen molar-refractivity contribution in [2.75, 3.05) is 31.5 Å². The predicted molar refractivity (Wildman–Crippen MR) is 93.0 cm³/mol. The number of anilines is 1. The smallest absolute Gasteiger partial charge is 0.320 e. The lowest BCUT2D eigenvalue weighted by atomic mass is 9.93. The average molecular weight is 407 g/mol. The monoisotopic (exact) mass is 405 g/mol. The number of carbonyl (C=O) groups is 1. The number of carbonyl (C=O) groups excluding carboxylic acids is 1. The number of hydroxylamine groups is 3. The van der Waals surface area contributed by atoms with Crippen LogP contribution < -0.4 is 10.6 Å². The van der Waals surface area contributed by atoms with Gasteiger partial charge in [-0.2, -0.15) is 0 Å². The quantitative estimate of drug-likeness (QED) is 0.580. The lowest BCUT2D eigenvalue weighted by Gasteiger charge is -2.46. The molecule has 2 N–H and O–H groups in total. The van der Waals surface area contributed by atoms with E-state index in [1.165, 1.54) is 6.20 Å². The van der Waals surface area contributed by atoms with Gasteiger partial charge in [0.05, 0.1) is 25.8 Å². The summed E-state index contributed by atoms with van der Waals surface area (Å²) in [5.74, 6) is 0.800. The summed E-state index contributed by atoms with van der Waals surface area (Å²) in [6, 6.07) is -0.337. The topological polar surface area (TPSA) is 90.0 Å². The van der Waals surface area contributed by atoms with Crippen LogP contribution in [0.1, 0.15) is 26.2 Å². The summed E-state index contributed by atoms with van der Waals surface area (Å²) >= 11 is 8.96. The number of nitrogens with zero attached hydrogens (tertiary/aromatic N) is 3. The molecular weight excluding hydrogens is 386 g/mol. The first-order chi connectivity index (χ1) is 10.9. The molecule has 1 aromatic heterocycles. The molecule has 1 aromatic rings. The Morgan fingerprint density at radius 3 is 2.83 bits per heavy atom. The van der Waals surface area contributed by atoms with Crippen LogP contribution in [0.4, 0.5) is 10.6 Å². The Bertz CT molecular complexity index is 552. The standard InChI is InChI=1S/C14H21BrClN5O2/c1-2-21(23)7-4-10(5-8-21)3-6-17-14(22)20-11-9-18-12(15)13(16)19-11/h9-10H,2-8H2,1H3,(H2,17,19,20,22). The maximum absolute atomic E-state index is 12.1. The Hall–Kier alpha value is -0.960. The maximum Gasteiger partial charge on any atom is 0.320 e. The third kappa shape index (κ3) is 5.56. The van der Waals surface area contributed by atoms with Gasteiger partial charge in [0.2, 0.25) is 0 Å². The highest BCUT2D eigenvalue weighted by Crippen LogP contribution is 2.24. The zero-order valence-corrected chi connectivity index (χ0v) is 15.4. The van der Waals surface area contributed by atoms with Crippen LogP contribution in [0.2, 0.25) is 5.15 Å². The minimum Gasteiger partial charge on any atom is -0.633 e. The van der Waals surface area contributed by atoms with E-state index < -0.39 is 0 Å². The summed E-state index contributed by atoms with van der Waals surface area (Å²) in [6.45, 7) is 4.51. The Morgan fingerprint density at radius 2 is 2.22 bits per heavy atom. The van der Waals surface area contributed by atoms with Crippen molar-refractivity contribution >= 4 is 39.4 Å². The first-order valence-corrected chi connectivity index (χ1v) is 8.89. The van der Waals surface area contributed by atoms with Gasteiger partial charge >= 0.3 is 6.03 Å². The highest BCUT2D eigenvalue weighted by atomic mass is 79.9. The molecule has 0 saturated carbocycles. The molecule has 0 unspecified atom stereocenters. The van der Waals surface area contributed by atoms with Crippen molar-refractivity contribution in [2.45, 2.75) is 26.2 Å². The molecule has 1 fully saturated rings. The van der Waals surface area contributed by atoms with E-state index in [1.807, 2.05) is 6.92 Å². The molecule has 0 aromatic carbocycles. The largest absolute Gasteiger partial charge is 0.633 e. The van der Waals surface area contributed by atoms with Crippen LogP contribution in [0.15, 0.2) is 10.8 Å². The zero-order valence-electron chi connectivity index (χ0n) is 13.0. The number of hydrogen-bond acceptors (Lipinski definition) is 4. The lowest BCUT2D eigenvalue weighted by Crippen LogP contribution is -2.48. The molecule has 1 aliphatic rings. The number of piperidine rings is 1. The fourth-order valence-corrected chi connectivity index (χ4v) is 2.99. The van der Waals surface area contributed by atoms with Crippen molar-refractivity contribution in [1.29, 1.82) is 0 Å². The summed E-state index contributed by atoms with van der Waals surface area (Å²) in [7, 11) is 0. The molecule has 1 saturated heterocycles. The maximum atomic E-state index is 12.1. The van der Waals surface area contributed by atoms with Gasteiger partial charge in [0, 0.05) is 6.54 Å². The second kappa shape index (κ2) is 8.23. The minimum absolute atomic E-state index is 0.0760. The number of hydrogen-bond donors (Lipinski definition) is 2. The minimum atomic E-state index is -0.337. The van der Waals surface area contributed by atoms with Crippen molar-refractivity contribution in [3.8, 4) is 0 Å². The van der Waals surface area contributed by atoms with Crippen molar-refractivity contribution in [2.24, 2.45) is 5.92 Å². The molecule has 1 aliphatic heterocycles. The highest BCUT2D eigenvalue weighted by molar-refractivity contribution is 9.10. The predicted octanol–water partition coefficient (Wildman–Crippen LogP) is 3.15. The third-order valence-electron chi connectivity index (χ3n) is 4.23. The number of rotatable bonds is 5. The van der Waals surface area contributed by atoms with Crippen LogP contribution in [0, 0.1) is 11.1 Å². The van der Waals surface area contributed by atoms with Gasteiger partial charge in [-0.15, -0.1) is 0 Å². The molecule has 0 radical (unpaired) electrons. The molecule has 2 rings (SSSR count). The van der Waals surface area contributed by atoms with Gasteiger partial charge in [0.1, 0.15) is 4.60 Å². The Labute approximate surface area is 149 Å². The van der Waals surface area contributed by atoms with E-state index in [4.69, 9.17) is 11.6 Å². The van der Waals surface area contributed by atoms with Gasteiger partial charge < -0.3 is 15.2 Å². The second-order valence-corrected chi connectivity index (χ2v) is 6.88. The van der Waals surface area contributed by atoms with Crippen LogP contribution >= 0.6 is 27.5 Å². The van der Waals surface area contributed by atoms with Gasteiger partial charge in [-0.05, 0) is 48.0 Å². The molecule has 0 atom stereocenters. The van der Waals surface area contributed by atoms with E-state index >= 15 is 0 Å². The van der Waals surface area contributed by atoms with E-state index in [9.17, 15) is 10.0 Å². The first-order valence-electron chi connectivity index (χ1n) is 7.72. The summed E-state index contributed by atoms with van der Waals surface area (Å²) in [5, 5.41) is 17.7. The molecule has 0 aliphatic carbocycles. The zero-order chi connectivity index (χ0) is 16.9. The molecule has 23 heavy (non-hydrogen) atoms. The molecule has 9 heteroatoms. The molecule has 0 spiro atoms. The molecule has 2 amide bonds. The van der Waals surface area contributed by atoms with Crippen molar-refractivity contribution in [3.05, 3.63) is 21.2 Å². The van der Waals surface area contributed by atoms with Gasteiger partial charge in [-0.3, -0.25) is 5.32 Å². The van der Waals surface area contributed by atoms with E-state index in [2.05, 4.69) is 36.5 Å². The van der Waals surface area contributed by atoms with Crippen LogP contribution in [-0.4, -0.2) is 46.8 Å². The molecule has 2 heterocycles. The van der Waals surface area contributed by atoms with Crippen molar-refractivity contribution < 1.29 is 9.44 Å². The van der Waals surface area contributed by atoms with Crippen LogP contribution in [0.3, 0.4) is 0 Å². The average Bonchev–Trinajstić information content (AvgIpc) is 2.53. The van der Waals surface area contributed by atoms with Crippen LogP contribution in [-0.2, 0) is 0 Å². The van der Waals surface area contributed by atoms with E-state index in [0.717, 1.165) is 19.3 Å². The third-order valence-corrected chi connectivity index (χ3v) is 5.31. The van der Waals surface area contributed by atoms with Crippen molar-refractivity contribution in [3.63, 3.8) is 0 Å². The fourth-order valence-electron chi connectivity index (χ4n) is 2.66. The highest BCUT2D eigenvalue weighted by Gasteiger charge is 2.25. The molecule has 128 valence electrons. The SMILES string of the molecule is CC[N+]1([O-])CCC(CCNC(=O)Nc2cnc(Br)c(Cl)n2)CC1. The summed E-state index contributed by atoms with van der Waals surface area (Å²) < 4.78 is 0.357. The number of urea groups is 1. The Morgan fingerprint density at radius 1 is 1.52 bits per heavy atom. The van der Waals surface area contributed by atoms with E-state index in [-0.39, 0.29) is 15.8 Å². The van der Waals surface area contributed by atoms with E-state index in [0.29, 0.717) is 42.5 Å². The number of aromatic nitrogens is 2. The number of likely N-dealkylation sites (tertiary alicyclic amines) is 1. The van der Waals surface area contributed by atoms with Crippen LogP contribution in [0.5, 0.6) is 0 Å². The van der Waals surface area contributed by atoms with Crippen LogP contribution in [0.25, 0.3) is 0 Å². The van der Waals surface area contributed by atoms with E-state index in [1.54, 1.807) is 0 Å². The first kappa shape index (κ1) is 18.4. The van der Waals surface area contributed by atoms with Gasteiger partial charge in [-0.25, -0.2) is 14.8 Å². The summed E-state index contributed by atoms with van der Waals surface area (Å²) in [4.78, 5) is 19.7. The Kier molecular flexibility index (Phi) is 6.58. The number of quaternary nitrogens is 1. The second-order valence-electron chi connectivity index (χ2n) is 5.77. The fraction of sp³-hybridized carbons (Fsp3) is 0.643. The van der Waals surface area contributed by atoms with Gasteiger partial charge in [0.25, 0.3) is 0 Å². The summed E-state index contributed by atoms with van der Waals surface area (Å²) in [6.07, 6.45) is 4.15. The molecule has 7 nitrogen and oxygen atoms in total.